The highest BCUT2D eigenvalue weighted by Gasteiger charge is 2.28. The zero-order valence-corrected chi connectivity index (χ0v) is 14.9. The van der Waals surface area contributed by atoms with Gasteiger partial charge in [0.2, 0.25) is 5.91 Å². The van der Waals surface area contributed by atoms with E-state index in [9.17, 15) is 4.79 Å². The number of carbonyl (C=O) groups is 1. The van der Waals surface area contributed by atoms with E-state index in [1.807, 2.05) is 13.8 Å². The maximum Gasteiger partial charge on any atom is 0.238 e. The molecule has 0 spiro atoms. The van der Waals surface area contributed by atoms with E-state index in [1.54, 1.807) is 0 Å². The first-order valence-electron chi connectivity index (χ1n) is 8.58. The van der Waals surface area contributed by atoms with Crippen molar-refractivity contribution in [2.45, 2.75) is 46.6 Å². The summed E-state index contributed by atoms with van der Waals surface area (Å²) >= 11 is 0. The molecule has 1 unspecified atom stereocenters. The Labute approximate surface area is 143 Å². The van der Waals surface area contributed by atoms with Gasteiger partial charge in [-0.15, -0.1) is 0 Å². The van der Waals surface area contributed by atoms with Crippen molar-refractivity contribution in [2.24, 2.45) is 0 Å². The molecule has 1 amide bonds. The third kappa shape index (κ3) is 3.36. The van der Waals surface area contributed by atoms with E-state index in [0.717, 1.165) is 36.5 Å². The minimum atomic E-state index is 0.0276. The van der Waals surface area contributed by atoms with Gasteiger partial charge in [-0.25, -0.2) is 0 Å². The summed E-state index contributed by atoms with van der Waals surface area (Å²) in [4.78, 5) is 14.8. The van der Waals surface area contributed by atoms with Crippen LogP contribution in [0.1, 0.15) is 47.0 Å². The first-order valence-corrected chi connectivity index (χ1v) is 8.58. The van der Waals surface area contributed by atoms with Crippen molar-refractivity contribution in [3.05, 3.63) is 46.3 Å². The molecule has 1 aliphatic heterocycles. The summed E-state index contributed by atoms with van der Waals surface area (Å²) in [5.74, 6) is 0.0276. The molecule has 0 aliphatic carbocycles. The van der Waals surface area contributed by atoms with E-state index in [-0.39, 0.29) is 5.91 Å². The Bertz CT molecular complexity index is 730. The van der Waals surface area contributed by atoms with Gasteiger partial charge < -0.3 is 5.32 Å². The average Bonchev–Trinajstić information content (AvgIpc) is 3.11. The number of aromatic amines is 1. The predicted molar refractivity (Wildman–Crippen MR) is 96.2 cm³/mol. The molecule has 2 heterocycles. The molecule has 2 N–H and O–H groups in total. The number of hydrogen-bond acceptors (Lipinski definition) is 3. The molecule has 1 aromatic heterocycles. The minimum absolute atomic E-state index is 0.0276. The van der Waals surface area contributed by atoms with Gasteiger partial charge in [0, 0.05) is 6.04 Å². The van der Waals surface area contributed by atoms with Crippen LogP contribution in [-0.4, -0.2) is 34.1 Å². The Morgan fingerprint density at radius 1 is 1.33 bits per heavy atom. The molecular weight excluding hydrogens is 300 g/mol. The number of amides is 1. The van der Waals surface area contributed by atoms with Gasteiger partial charge in [0.25, 0.3) is 0 Å². The second-order valence-electron chi connectivity index (χ2n) is 6.85. The molecule has 1 fully saturated rings. The van der Waals surface area contributed by atoms with Crippen LogP contribution in [0.15, 0.2) is 18.2 Å². The lowest BCUT2D eigenvalue weighted by Crippen LogP contribution is -2.33. The highest BCUT2D eigenvalue weighted by molar-refractivity contribution is 5.93. The van der Waals surface area contributed by atoms with Gasteiger partial charge in [-0.2, -0.15) is 5.10 Å². The van der Waals surface area contributed by atoms with Crippen LogP contribution < -0.4 is 5.32 Å². The summed E-state index contributed by atoms with van der Waals surface area (Å²) in [6.45, 7) is 9.48. The van der Waals surface area contributed by atoms with Gasteiger partial charge in [0.05, 0.1) is 23.6 Å². The number of nitrogens with one attached hydrogen (secondary N) is 2. The molecular formula is C19H26N4O. The lowest BCUT2D eigenvalue weighted by Gasteiger charge is -2.26. The number of H-pyrrole nitrogens is 1. The number of aryl methyl sites for hydroxylation is 4. The van der Waals surface area contributed by atoms with Crippen molar-refractivity contribution in [3.63, 3.8) is 0 Å². The zero-order valence-electron chi connectivity index (χ0n) is 14.9. The standard InChI is InChI=1S/C19H26N4O/c1-12-7-8-13(2)16(10-12)17-6-5-9-23(17)11-18(24)20-19-14(3)21-22-15(19)4/h7-8,10,17H,5-6,9,11H2,1-4H3,(H,20,24)(H,21,22). The molecule has 5 nitrogen and oxygen atoms in total. The van der Waals surface area contributed by atoms with Crippen molar-refractivity contribution in [1.82, 2.24) is 15.1 Å². The molecule has 5 heteroatoms. The summed E-state index contributed by atoms with van der Waals surface area (Å²) in [5, 5.41) is 10.0. The van der Waals surface area contributed by atoms with E-state index in [1.165, 1.54) is 16.7 Å². The Balaban J connectivity index is 1.72. The second-order valence-corrected chi connectivity index (χ2v) is 6.85. The number of benzene rings is 1. The van der Waals surface area contributed by atoms with E-state index >= 15 is 0 Å². The van der Waals surface area contributed by atoms with Crippen LogP contribution >= 0.6 is 0 Å². The van der Waals surface area contributed by atoms with Crippen LogP contribution in [-0.2, 0) is 4.79 Å². The lowest BCUT2D eigenvalue weighted by atomic mass is 9.97. The van der Waals surface area contributed by atoms with Gasteiger partial charge in [0.15, 0.2) is 0 Å². The zero-order chi connectivity index (χ0) is 17.3. The van der Waals surface area contributed by atoms with Crippen molar-refractivity contribution < 1.29 is 4.79 Å². The van der Waals surface area contributed by atoms with Gasteiger partial charge in [-0.1, -0.05) is 23.8 Å². The molecule has 24 heavy (non-hydrogen) atoms. The normalized spacial score (nSPS) is 18.1. The molecule has 0 saturated carbocycles. The number of rotatable bonds is 4. The fourth-order valence-electron chi connectivity index (χ4n) is 3.58. The van der Waals surface area contributed by atoms with Crippen molar-refractivity contribution >= 4 is 11.6 Å². The van der Waals surface area contributed by atoms with Crippen LogP contribution in [0.25, 0.3) is 0 Å². The molecule has 1 atom stereocenters. The molecule has 1 saturated heterocycles. The first-order chi connectivity index (χ1) is 11.5. The largest absolute Gasteiger partial charge is 0.322 e. The maximum atomic E-state index is 12.5. The summed E-state index contributed by atoms with van der Waals surface area (Å²) < 4.78 is 0. The first kappa shape index (κ1) is 16.7. The summed E-state index contributed by atoms with van der Waals surface area (Å²) in [7, 11) is 0. The van der Waals surface area contributed by atoms with E-state index in [2.05, 4.69) is 52.5 Å². The molecule has 1 aliphatic rings. The lowest BCUT2D eigenvalue weighted by molar-refractivity contribution is -0.117. The van der Waals surface area contributed by atoms with Crippen molar-refractivity contribution in [3.8, 4) is 0 Å². The molecule has 2 aromatic rings. The van der Waals surface area contributed by atoms with Crippen LogP contribution in [0.5, 0.6) is 0 Å². The average molecular weight is 326 g/mol. The summed E-state index contributed by atoms with van der Waals surface area (Å²) in [5.41, 5.74) is 6.47. The third-order valence-corrected chi connectivity index (χ3v) is 4.90. The maximum absolute atomic E-state index is 12.5. The van der Waals surface area contributed by atoms with Gasteiger partial charge in [0.1, 0.15) is 0 Å². The van der Waals surface area contributed by atoms with Crippen LogP contribution in [0, 0.1) is 27.7 Å². The summed E-state index contributed by atoms with van der Waals surface area (Å²) in [6.07, 6.45) is 2.25. The number of likely N-dealkylation sites (tertiary alicyclic amines) is 1. The Hall–Kier alpha value is -2.14. The molecule has 3 rings (SSSR count). The molecule has 1 aromatic carbocycles. The predicted octanol–water partition coefficient (Wildman–Crippen LogP) is 3.42. The highest BCUT2D eigenvalue weighted by atomic mass is 16.2. The Morgan fingerprint density at radius 2 is 2.12 bits per heavy atom. The number of nitrogens with zero attached hydrogens (tertiary/aromatic N) is 2. The van der Waals surface area contributed by atoms with Crippen LogP contribution in [0.2, 0.25) is 0 Å². The Kier molecular flexibility index (Phi) is 4.71. The van der Waals surface area contributed by atoms with Crippen molar-refractivity contribution in [2.75, 3.05) is 18.4 Å². The monoisotopic (exact) mass is 326 g/mol. The van der Waals surface area contributed by atoms with Crippen LogP contribution in [0.3, 0.4) is 0 Å². The van der Waals surface area contributed by atoms with E-state index < -0.39 is 0 Å². The van der Waals surface area contributed by atoms with Gasteiger partial charge in [-0.3, -0.25) is 14.8 Å². The number of carbonyl (C=O) groups excluding carboxylic acids is 1. The number of aromatic nitrogens is 2. The number of hydrogen-bond donors (Lipinski definition) is 2. The van der Waals surface area contributed by atoms with Gasteiger partial charge >= 0.3 is 0 Å². The molecule has 128 valence electrons. The third-order valence-electron chi connectivity index (χ3n) is 4.90. The molecule has 0 bridgehead atoms. The van der Waals surface area contributed by atoms with Crippen LogP contribution in [0.4, 0.5) is 5.69 Å². The highest BCUT2D eigenvalue weighted by Crippen LogP contribution is 2.34. The fraction of sp³-hybridized carbons (Fsp3) is 0.474. The quantitative estimate of drug-likeness (QED) is 0.905. The van der Waals surface area contributed by atoms with Crippen molar-refractivity contribution in [1.29, 1.82) is 0 Å². The Morgan fingerprint density at radius 3 is 2.83 bits per heavy atom. The van der Waals surface area contributed by atoms with Gasteiger partial charge in [-0.05, 0) is 58.2 Å². The van der Waals surface area contributed by atoms with E-state index in [4.69, 9.17) is 0 Å². The smallest absolute Gasteiger partial charge is 0.238 e. The second kappa shape index (κ2) is 6.77. The number of anilines is 1. The topological polar surface area (TPSA) is 61.0 Å². The SMILES string of the molecule is Cc1ccc(C)c(C2CCCN2CC(=O)Nc2c(C)n[nH]c2C)c1. The molecule has 0 radical (unpaired) electrons. The fourth-order valence-corrected chi connectivity index (χ4v) is 3.58. The summed E-state index contributed by atoms with van der Waals surface area (Å²) in [6, 6.07) is 6.93. The minimum Gasteiger partial charge on any atom is -0.322 e. The van der Waals surface area contributed by atoms with E-state index in [0.29, 0.717) is 12.6 Å².